The van der Waals surface area contributed by atoms with Crippen LogP contribution in [0, 0.1) is 6.92 Å². The van der Waals surface area contributed by atoms with Crippen molar-refractivity contribution in [3.63, 3.8) is 0 Å². The molecule has 1 aromatic heterocycles. The number of aromatic nitrogens is 1. The van der Waals surface area contributed by atoms with Gasteiger partial charge >= 0.3 is 0 Å². The van der Waals surface area contributed by atoms with Crippen molar-refractivity contribution in [3.05, 3.63) is 53.9 Å². The van der Waals surface area contributed by atoms with Crippen LogP contribution in [0.3, 0.4) is 0 Å². The van der Waals surface area contributed by atoms with Crippen LogP contribution >= 0.6 is 0 Å². The Morgan fingerprint density at radius 1 is 1.05 bits per heavy atom. The van der Waals surface area contributed by atoms with Crippen LogP contribution in [0.2, 0.25) is 0 Å². The molecular formula is C16H19N3O. The molecule has 104 valence electrons. The van der Waals surface area contributed by atoms with Gasteiger partial charge in [0, 0.05) is 11.7 Å². The fourth-order valence-electron chi connectivity index (χ4n) is 1.78. The maximum absolute atomic E-state index is 12.0. The molecule has 0 saturated carbocycles. The Kier molecular flexibility index (Phi) is 4.35. The molecule has 4 heteroatoms. The molecule has 0 aliphatic rings. The zero-order valence-electron chi connectivity index (χ0n) is 12.0. The number of benzene rings is 1. The zero-order chi connectivity index (χ0) is 14.5. The molecule has 1 heterocycles. The van der Waals surface area contributed by atoms with E-state index in [4.69, 9.17) is 0 Å². The van der Waals surface area contributed by atoms with Crippen molar-refractivity contribution in [1.29, 1.82) is 0 Å². The molecule has 0 fully saturated rings. The van der Waals surface area contributed by atoms with Crippen molar-refractivity contribution in [2.75, 3.05) is 10.6 Å². The second kappa shape index (κ2) is 6.19. The predicted octanol–water partition coefficient (Wildman–Crippen LogP) is 3.46. The molecule has 1 aromatic carbocycles. The van der Waals surface area contributed by atoms with Gasteiger partial charge in [-0.25, -0.2) is 4.98 Å². The van der Waals surface area contributed by atoms with Crippen molar-refractivity contribution in [3.8, 4) is 0 Å². The third-order valence-corrected chi connectivity index (χ3v) is 2.76. The second-order valence-electron chi connectivity index (χ2n) is 5.05. The van der Waals surface area contributed by atoms with Crippen LogP contribution in [0.15, 0.2) is 42.6 Å². The van der Waals surface area contributed by atoms with Gasteiger partial charge < -0.3 is 10.6 Å². The Bertz CT molecular complexity index is 574. The van der Waals surface area contributed by atoms with E-state index < -0.39 is 0 Å². The highest BCUT2D eigenvalue weighted by molar-refractivity contribution is 6.02. The van der Waals surface area contributed by atoms with Gasteiger partial charge in [-0.3, -0.25) is 4.79 Å². The van der Waals surface area contributed by atoms with E-state index in [9.17, 15) is 4.79 Å². The van der Waals surface area contributed by atoms with Crippen molar-refractivity contribution in [2.24, 2.45) is 0 Å². The fraction of sp³-hybridized carbons (Fsp3) is 0.250. The smallest absolute Gasteiger partial charge is 0.274 e. The minimum atomic E-state index is -0.204. The number of hydrogen-bond donors (Lipinski definition) is 2. The minimum Gasteiger partial charge on any atom is -0.382 e. The molecule has 20 heavy (non-hydrogen) atoms. The molecule has 0 spiro atoms. The molecule has 0 bridgehead atoms. The van der Waals surface area contributed by atoms with E-state index in [1.807, 2.05) is 37.3 Å². The van der Waals surface area contributed by atoms with Crippen LogP contribution < -0.4 is 10.6 Å². The normalized spacial score (nSPS) is 10.4. The molecule has 4 nitrogen and oxygen atoms in total. The third kappa shape index (κ3) is 3.82. The number of anilines is 2. The molecule has 0 radical (unpaired) electrons. The lowest BCUT2D eigenvalue weighted by atomic mass is 10.2. The summed E-state index contributed by atoms with van der Waals surface area (Å²) in [6, 6.07) is 11.6. The number of pyridine rings is 1. The van der Waals surface area contributed by atoms with E-state index in [0.29, 0.717) is 11.7 Å². The highest BCUT2D eigenvalue weighted by Gasteiger charge is 2.07. The maximum atomic E-state index is 12.0. The number of hydrogen-bond acceptors (Lipinski definition) is 3. The van der Waals surface area contributed by atoms with Gasteiger partial charge in [0.1, 0.15) is 5.69 Å². The van der Waals surface area contributed by atoms with Crippen molar-refractivity contribution < 1.29 is 4.79 Å². The first-order valence-electron chi connectivity index (χ1n) is 6.65. The van der Waals surface area contributed by atoms with E-state index in [0.717, 1.165) is 16.9 Å². The number of carbonyl (C=O) groups excluding carboxylic acids is 1. The van der Waals surface area contributed by atoms with Gasteiger partial charge in [-0.1, -0.05) is 17.7 Å². The average molecular weight is 269 g/mol. The number of nitrogens with one attached hydrogen (secondary N) is 2. The van der Waals surface area contributed by atoms with Gasteiger partial charge in [0.15, 0.2) is 0 Å². The molecule has 0 aliphatic heterocycles. The standard InChI is InChI=1S/C16H19N3O/c1-11(2)18-14-8-9-15(17-10-14)16(20)19-13-6-4-12(3)5-7-13/h4-11,18H,1-3H3,(H,19,20). The first kappa shape index (κ1) is 14.1. The Morgan fingerprint density at radius 3 is 2.25 bits per heavy atom. The van der Waals surface area contributed by atoms with E-state index in [1.54, 1.807) is 12.3 Å². The largest absolute Gasteiger partial charge is 0.382 e. The second-order valence-corrected chi connectivity index (χ2v) is 5.05. The zero-order valence-corrected chi connectivity index (χ0v) is 12.0. The van der Waals surface area contributed by atoms with Gasteiger partial charge in [0.2, 0.25) is 0 Å². The summed E-state index contributed by atoms with van der Waals surface area (Å²) in [4.78, 5) is 16.2. The number of aryl methyl sites for hydroxylation is 1. The first-order valence-corrected chi connectivity index (χ1v) is 6.65. The summed E-state index contributed by atoms with van der Waals surface area (Å²) in [6.07, 6.45) is 1.67. The van der Waals surface area contributed by atoms with Crippen molar-refractivity contribution >= 4 is 17.3 Å². The quantitative estimate of drug-likeness (QED) is 0.893. The SMILES string of the molecule is Cc1ccc(NC(=O)c2ccc(NC(C)C)cn2)cc1. The number of rotatable bonds is 4. The van der Waals surface area contributed by atoms with E-state index in [1.165, 1.54) is 0 Å². The van der Waals surface area contributed by atoms with Gasteiger partial charge in [-0.15, -0.1) is 0 Å². The van der Waals surface area contributed by atoms with Crippen LogP contribution in [0.25, 0.3) is 0 Å². The molecule has 0 saturated heterocycles. The molecule has 0 unspecified atom stereocenters. The molecule has 2 aromatic rings. The third-order valence-electron chi connectivity index (χ3n) is 2.76. The minimum absolute atomic E-state index is 0.204. The van der Waals surface area contributed by atoms with E-state index in [-0.39, 0.29) is 5.91 Å². The summed E-state index contributed by atoms with van der Waals surface area (Å²) in [5.41, 5.74) is 3.24. The summed E-state index contributed by atoms with van der Waals surface area (Å²) >= 11 is 0. The average Bonchev–Trinajstić information content (AvgIpc) is 2.41. The van der Waals surface area contributed by atoms with Gasteiger partial charge in [-0.2, -0.15) is 0 Å². The number of carbonyl (C=O) groups is 1. The highest BCUT2D eigenvalue weighted by Crippen LogP contribution is 2.12. The van der Waals surface area contributed by atoms with Crippen LogP contribution in [-0.2, 0) is 0 Å². The fourth-order valence-corrected chi connectivity index (χ4v) is 1.78. The highest BCUT2D eigenvalue weighted by atomic mass is 16.1. The summed E-state index contributed by atoms with van der Waals surface area (Å²) in [7, 11) is 0. The number of nitrogens with zero attached hydrogens (tertiary/aromatic N) is 1. The molecule has 2 rings (SSSR count). The van der Waals surface area contributed by atoms with Gasteiger partial charge in [0.05, 0.1) is 11.9 Å². The maximum Gasteiger partial charge on any atom is 0.274 e. The van der Waals surface area contributed by atoms with Crippen LogP contribution in [-0.4, -0.2) is 16.9 Å². The lowest BCUT2D eigenvalue weighted by molar-refractivity contribution is 0.102. The molecule has 0 atom stereocenters. The monoisotopic (exact) mass is 269 g/mol. The first-order chi connectivity index (χ1) is 9.54. The van der Waals surface area contributed by atoms with Crippen molar-refractivity contribution in [2.45, 2.75) is 26.8 Å². The Morgan fingerprint density at radius 2 is 1.70 bits per heavy atom. The summed E-state index contributed by atoms with van der Waals surface area (Å²) < 4.78 is 0. The van der Waals surface area contributed by atoms with E-state index in [2.05, 4.69) is 29.5 Å². The molecule has 2 N–H and O–H groups in total. The van der Waals surface area contributed by atoms with Crippen LogP contribution in [0.5, 0.6) is 0 Å². The topological polar surface area (TPSA) is 54.0 Å². The molecule has 1 amide bonds. The van der Waals surface area contributed by atoms with Gasteiger partial charge in [0.25, 0.3) is 5.91 Å². The van der Waals surface area contributed by atoms with Crippen LogP contribution in [0.4, 0.5) is 11.4 Å². The lowest BCUT2D eigenvalue weighted by Gasteiger charge is -2.10. The van der Waals surface area contributed by atoms with Crippen LogP contribution in [0.1, 0.15) is 29.9 Å². The molecular weight excluding hydrogens is 250 g/mol. The Hall–Kier alpha value is -2.36. The Balaban J connectivity index is 2.03. The summed E-state index contributed by atoms with van der Waals surface area (Å²) in [5.74, 6) is -0.204. The summed E-state index contributed by atoms with van der Waals surface area (Å²) in [5, 5.41) is 6.06. The molecule has 0 aliphatic carbocycles. The Labute approximate surface area is 119 Å². The lowest BCUT2D eigenvalue weighted by Crippen LogP contribution is -2.14. The number of amides is 1. The van der Waals surface area contributed by atoms with Gasteiger partial charge in [-0.05, 0) is 45.0 Å². The van der Waals surface area contributed by atoms with Crippen molar-refractivity contribution in [1.82, 2.24) is 4.98 Å². The van der Waals surface area contributed by atoms with E-state index >= 15 is 0 Å². The predicted molar refractivity (Wildman–Crippen MR) is 82.1 cm³/mol. The summed E-state index contributed by atoms with van der Waals surface area (Å²) in [6.45, 7) is 6.11.